The quantitative estimate of drug-likeness (QED) is 0.425. The number of rotatable bonds is 7. The summed E-state index contributed by atoms with van der Waals surface area (Å²) >= 11 is 6.89. The number of amides is 2. The van der Waals surface area contributed by atoms with E-state index in [0.717, 1.165) is 11.1 Å². The molecule has 0 saturated carbocycles. The Morgan fingerprint density at radius 2 is 1.88 bits per heavy atom. The van der Waals surface area contributed by atoms with Gasteiger partial charge in [-0.2, -0.15) is 0 Å². The van der Waals surface area contributed by atoms with Gasteiger partial charge in [-0.3, -0.25) is 9.59 Å². The minimum atomic E-state index is -1.01. The number of fused-ring (bicyclic) bond motifs is 2. The monoisotopic (exact) mass is 595 g/mol. The van der Waals surface area contributed by atoms with Crippen molar-refractivity contribution in [1.82, 2.24) is 19.8 Å². The molecule has 1 aliphatic heterocycles. The zero-order valence-corrected chi connectivity index (χ0v) is 25.5. The number of benzene rings is 2. The van der Waals surface area contributed by atoms with E-state index in [-0.39, 0.29) is 22.4 Å². The Bertz CT molecular complexity index is 1500. The van der Waals surface area contributed by atoms with Crippen LogP contribution < -0.4 is 4.90 Å². The van der Waals surface area contributed by atoms with Crippen LogP contribution in [0.3, 0.4) is 0 Å². The third-order valence-corrected chi connectivity index (χ3v) is 8.78. The Labute approximate surface area is 251 Å². The number of hydrogen-bond acceptors (Lipinski definition) is 6. The number of carbonyl (C=O) groups is 2. The molecular weight excluding hydrogens is 557 g/mol. The highest BCUT2D eigenvalue weighted by molar-refractivity contribution is 6.32. The van der Waals surface area contributed by atoms with E-state index in [4.69, 9.17) is 21.6 Å². The largest absolute Gasteiger partial charge is 0.390 e. The summed E-state index contributed by atoms with van der Waals surface area (Å²) in [6.45, 7) is 5.83. The van der Waals surface area contributed by atoms with Gasteiger partial charge in [0, 0.05) is 87.8 Å². The molecule has 5 rings (SSSR count). The highest BCUT2D eigenvalue weighted by atomic mass is 35.5. The lowest BCUT2D eigenvalue weighted by atomic mass is 9.72. The summed E-state index contributed by atoms with van der Waals surface area (Å²) in [5, 5.41) is 11.9. The summed E-state index contributed by atoms with van der Waals surface area (Å²) in [5.74, 6) is 0.209. The second kappa shape index (κ2) is 12.1. The molecule has 0 spiro atoms. The van der Waals surface area contributed by atoms with Gasteiger partial charge >= 0.3 is 0 Å². The van der Waals surface area contributed by atoms with Gasteiger partial charge in [-0.1, -0.05) is 42.8 Å². The summed E-state index contributed by atoms with van der Waals surface area (Å²) < 4.78 is 16.8. The molecule has 1 N–H and O–H groups in total. The SMILES string of the molecule is CCC(=O)N1CCN(c2nc(CCCC(=O)N(C)C)nc3c(F)c([C@H]4CC(C)(O)Cc5ccccc54)c(Cl)cc23)CC1. The summed E-state index contributed by atoms with van der Waals surface area (Å²) in [5.41, 5.74) is 1.43. The van der Waals surface area contributed by atoms with Crippen LogP contribution >= 0.6 is 11.6 Å². The average Bonchev–Trinajstić information content (AvgIpc) is 2.96. The average molecular weight is 596 g/mol. The Hall–Kier alpha value is -3.30. The number of anilines is 1. The minimum absolute atomic E-state index is 0.0102. The van der Waals surface area contributed by atoms with E-state index in [2.05, 4.69) is 4.90 Å². The van der Waals surface area contributed by atoms with Gasteiger partial charge < -0.3 is 19.8 Å². The molecule has 8 nitrogen and oxygen atoms in total. The van der Waals surface area contributed by atoms with Crippen LogP contribution in [-0.2, 0) is 22.4 Å². The lowest BCUT2D eigenvalue weighted by Gasteiger charge is -2.37. The molecule has 1 fully saturated rings. The molecule has 1 saturated heterocycles. The van der Waals surface area contributed by atoms with Gasteiger partial charge in [-0.05, 0) is 37.0 Å². The van der Waals surface area contributed by atoms with Crippen molar-refractivity contribution in [2.24, 2.45) is 0 Å². The number of piperazine rings is 1. The topological polar surface area (TPSA) is 89.9 Å². The molecule has 10 heteroatoms. The molecule has 3 aromatic rings. The molecule has 2 heterocycles. The third-order valence-electron chi connectivity index (χ3n) is 8.46. The number of hydrogen-bond donors (Lipinski definition) is 1. The van der Waals surface area contributed by atoms with Crippen molar-refractivity contribution in [2.45, 2.75) is 63.9 Å². The fourth-order valence-electron chi connectivity index (χ4n) is 6.25. The lowest BCUT2D eigenvalue weighted by molar-refractivity contribution is -0.131. The third kappa shape index (κ3) is 6.08. The van der Waals surface area contributed by atoms with Gasteiger partial charge in [0.05, 0.1) is 5.60 Å². The van der Waals surface area contributed by atoms with E-state index in [1.54, 1.807) is 32.0 Å². The molecule has 2 atom stereocenters. The minimum Gasteiger partial charge on any atom is -0.390 e. The van der Waals surface area contributed by atoms with Gasteiger partial charge in [-0.25, -0.2) is 14.4 Å². The maximum absolute atomic E-state index is 16.8. The van der Waals surface area contributed by atoms with Crippen LogP contribution in [0.1, 0.15) is 68.0 Å². The van der Waals surface area contributed by atoms with E-state index in [1.165, 1.54) is 0 Å². The molecule has 0 bridgehead atoms. The van der Waals surface area contributed by atoms with Gasteiger partial charge in [0.1, 0.15) is 17.2 Å². The maximum atomic E-state index is 16.8. The van der Waals surface area contributed by atoms with Gasteiger partial charge in [0.15, 0.2) is 5.82 Å². The Morgan fingerprint density at radius 3 is 2.57 bits per heavy atom. The van der Waals surface area contributed by atoms with Crippen molar-refractivity contribution in [3.8, 4) is 0 Å². The Balaban J connectivity index is 1.59. The Kier molecular flexibility index (Phi) is 8.71. The van der Waals surface area contributed by atoms with Crippen molar-refractivity contribution in [2.75, 3.05) is 45.2 Å². The normalized spacial score (nSPS) is 20.5. The zero-order chi connectivity index (χ0) is 30.2. The van der Waals surface area contributed by atoms with E-state index in [9.17, 15) is 14.7 Å². The van der Waals surface area contributed by atoms with Crippen LogP contribution in [-0.4, -0.2) is 82.6 Å². The fraction of sp³-hybridized carbons (Fsp3) is 0.500. The molecule has 2 aromatic carbocycles. The standard InChI is InChI=1S/C32H39ClFN5O3/c1-5-26(40)38-13-15-39(16-14-38)31-22-17-24(33)28(23-19-32(2,42)18-20-9-6-7-10-21(20)23)29(34)30(22)35-25(36-31)11-8-12-27(41)37(3)4/h6-7,9-10,17,23,42H,5,8,11-16,18-19H2,1-4H3/t23-,32?/m0/s1. The first kappa shape index (κ1) is 30.2. The molecule has 2 aliphatic rings. The first-order chi connectivity index (χ1) is 20.0. The van der Waals surface area contributed by atoms with Gasteiger partial charge in [0.25, 0.3) is 0 Å². The predicted molar refractivity (Wildman–Crippen MR) is 162 cm³/mol. The number of aromatic nitrogens is 2. The summed E-state index contributed by atoms with van der Waals surface area (Å²) in [7, 11) is 3.44. The number of aryl methyl sites for hydroxylation is 1. The first-order valence-corrected chi connectivity index (χ1v) is 15.1. The van der Waals surface area contributed by atoms with E-state index >= 15 is 4.39 Å². The molecule has 1 aliphatic carbocycles. The molecular formula is C32H39ClFN5O3. The second-order valence-electron chi connectivity index (χ2n) is 11.9. The number of carbonyl (C=O) groups excluding carboxylic acids is 2. The number of aliphatic hydroxyl groups is 1. The molecule has 1 aromatic heterocycles. The van der Waals surface area contributed by atoms with Crippen LogP contribution in [0.4, 0.5) is 10.2 Å². The van der Waals surface area contributed by atoms with Crippen molar-refractivity contribution >= 4 is 40.1 Å². The highest BCUT2D eigenvalue weighted by Crippen LogP contribution is 2.46. The first-order valence-electron chi connectivity index (χ1n) is 14.7. The summed E-state index contributed by atoms with van der Waals surface area (Å²) in [4.78, 5) is 39.5. The van der Waals surface area contributed by atoms with Crippen molar-refractivity contribution < 1.29 is 19.1 Å². The van der Waals surface area contributed by atoms with E-state index in [1.807, 2.05) is 36.1 Å². The molecule has 1 unspecified atom stereocenters. The van der Waals surface area contributed by atoms with Crippen molar-refractivity contribution in [3.05, 3.63) is 63.7 Å². The van der Waals surface area contributed by atoms with E-state index < -0.39 is 17.3 Å². The van der Waals surface area contributed by atoms with Crippen LogP contribution in [0.2, 0.25) is 5.02 Å². The van der Waals surface area contributed by atoms with Crippen molar-refractivity contribution in [1.29, 1.82) is 0 Å². The maximum Gasteiger partial charge on any atom is 0.222 e. The number of halogens is 2. The summed E-state index contributed by atoms with van der Waals surface area (Å²) in [6, 6.07) is 9.55. The highest BCUT2D eigenvalue weighted by Gasteiger charge is 2.37. The van der Waals surface area contributed by atoms with E-state index in [0.29, 0.717) is 87.3 Å². The molecule has 224 valence electrons. The Morgan fingerprint density at radius 1 is 1.17 bits per heavy atom. The second-order valence-corrected chi connectivity index (χ2v) is 12.3. The predicted octanol–water partition coefficient (Wildman–Crippen LogP) is 4.72. The molecule has 2 amide bonds. The van der Waals surface area contributed by atoms with Gasteiger partial charge in [-0.15, -0.1) is 0 Å². The molecule has 42 heavy (non-hydrogen) atoms. The van der Waals surface area contributed by atoms with Crippen molar-refractivity contribution in [3.63, 3.8) is 0 Å². The van der Waals surface area contributed by atoms with Crippen LogP contribution in [0.15, 0.2) is 30.3 Å². The van der Waals surface area contributed by atoms with Crippen LogP contribution in [0.5, 0.6) is 0 Å². The smallest absolute Gasteiger partial charge is 0.222 e. The molecule has 0 radical (unpaired) electrons. The fourth-order valence-corrected chi connectivity index (χ4v) is 6.57. The van der Waals surface area contributed by atoms with Gasteiger partial charge in [0.2, 0.25) is 11.8 Å². The van der Waals surface area contributed by atoms with Crippen LogP contribution in [0.25, 0.3) is 10.9 Å². The lowest BCUT2D eigenvalue weighted by Crippen LogP contribution is -2.49. The van der Waals surface area contributed by atoms with Crippen LogP contribution in [0, 0.1) is 5.82 Å². The zero-order valence-electron chi connectivity index (χ0n) is 24.8. The number of nitrogens with zero attached hydrogens (tertiary/aromatic N) is 5. The summed E-state index contributed by atoms with van der Waals surface area (Å²) in [6.07, 6.45) is 2.55.